The Kier molecular flexibility index (Phi) is 10.6. The highest BCUT2D eigenvalue weighted by atomic mass is 127. The topological polar surface area (TPSA) is 92.6 Å². The predicted molar refractivity (Wildman–Crippen MR) is 132 cm³/mol. The van der Waals surface area contributed by atoms with E-state index in [-0.39, 0.29) is 24.0 Å². The molecule has 2 rings (SSSR count). The number of carbonyl (C=O) groups excluding carboxylic acids is 1. The van der Waals surface area contributed by atoms with Gasteiger partial charge in [-0.25, -0.2) is 4.79 Å². The molecule has 3 N–H and O–H groups in total. The van der Waals surface area contributed by atoms with Crippen molar-refractivity contribution < 1.29 is 9.53 Å². The molecule has 1 amide bonds. The molecular formula is C21H33IN6O2. The van der Waals surface area contributed by atoms with Crippen LogP contribution in [0.25, 0.3) is 0 Å². The van der Waals surface area contributed by atoms with Crippen LogP contribution in [0.15, 0.2) is 41.7 Å². The van der Waals surface area contributed by atoms with Gasteiger partial charge in [0.25, 0.3) is 0 Å². The summed E-state index contributed by atoms with van der Waals surface area (Å²) in [5, 5.41) is 13.5. The Morgan fingerprint density at radius 2 is 1.70 bits per heavy atom. The molecule has 30 heavy (non-hydrogen) atoms. The second kappa shape index (κ2) is 12.4. The van der Waals surface area contributed by atoms with Gasteiger partial charge in [0.05, 0.1) is 6.20 Å². The minimum absolute atomic E-state index is 0. The summed E-state index contributed by atoms with van der Waals surface area (Å²) in [5.41, 5.74) is 2.55. The van der Waals surface area contributed by atoms with Crippen LogP contribution < -0.4 is 16.0 Å². The van der Waals surface area contributed by atoms with Crippen molar-refractivity contribution in [1.82, 2.24) is 20.4 Å². The number of benzene rings is 1. The van der Waals surface area contributed by atoms with E-state index >= 15 is 0 Å². The number of hydrogen-bond donors (Lipinski definition) is 3. The van der Waals surface area contributed by atoms with Crippen LogP contribution in [0.1, 0.15) is 31.9 Å². The van der Waals surface area contributed by atoms with Crippen molar-refractivity contribution in [1.29, 1.82) is 0 Å². The third kappa shape index (κ3) is 9.95. The fourth-order valence-corrected chi connectivity index (χ4v) is 2.65. The predicted octanol–water partition coefficient (Wildman–Crippen LogP) is 3.34. The van der Waals surface area contributed by atoms with Crippen LogP contribution in [0.3, 0.4) is 0 Å². The van der Waals surface area contributed by atoms with E-state index in [2.05, 4.69) is 26.0 Å². The highest BCUT2D eigenvalue weighted by Crippen LogP contribution is 2.13. The lowest BCUT2D eigenvalue weighted by Gasteiger charge is -2.19. The molecule has 0 aliphatic rings. The van der Waals surface area contributed by atoms with Gasteiger partial charge < -0.3 is 15.4 Å². The Hall–Kier alpha value is -2.30. The summed E-state index contributed by atoms with van der Waals surface area (Å²) in [5.74, 6) is 0.775. The smallest absolute Gasteiger partial charge is 0.412 e. The molecule has 0 unspecified atom stereocenters. The van der Waals surface area contributed by atoms with Gasteiger partial charge in [-0.3, -0.25) is 15.0 Å². The first-order valence-electron chi connectivity index (χ1n) is 9.76. The van der Waals surface area contributed by atoms with Crippen molar-refractivity contribution in [3.05, 3.63) is 47.8 Å². The van der Waals surface area contributed by atoms with Crippen LogP contribution in [0.5, 0.6) is 0 Å². The van der Waals surface area contributed by atoms with E-state index < -0.39 is 11.7 Å². The highest BCUT2D eigenvalue weighted by molar-refractivity contribution is 14.0. The minimum atomic E-state index is -0.514. The fourth-order valence-electron chi connectivity index (χ4n) is 2.65. The van der Waals surface area contributed by atoms with E-state index in [1.165, 1.54) is 5.56 Å². The van der Waals surface area contributed by atoms with Crippen molar-refractivity contribution in [3.63, 3.8) is 0 Å². The molecule has 0 bridgehead atoms. The van der Waals surface area contributed by atoms with Crippen molar-refractivity contribution in [2.45, 2.75) is 39.2 Å². The van der Waals surface area contributed by atoms with Crippen LogP contribution in [0.4, 0.5) is 10.5 Å². The Morgan fingerprint density at radius 1 is 1.10 bits per heavy atom. The number of aryl methyl sites for hydroxylation is 1. The number of amides is 1. The Balaban J connectivity index is 0.00000450. The fraction of sp³-hybridized carbons (Fsp3) is 0.476. The first-order chi connectivity index (χ1) is 13.7. The van der Waals surface area contributed by atoms with Gasteiger partial charge >= 0.3 is 6.09 Å². The van der Waals surface area contributed by atoms with Crippen LogP contribution in [0, 0.1) is 0 Å². The van der Waals surface area contributed by atoms with Crippen molar-refractivity contribution >= 4 is 41.7 Å². The van der Waals surface area contributed by atoms with Crippen LogP contribution in [-0.4, -0.2) is 47.6 Å². The summed E-state index contributed by atoms with van der Waals surface area (Å²) in [6, 6.07) is 7.74. The van der Waals surface area contributed by atoms with Gasteiger partial charge in [-0.05, 0) is 56.9 Å². The molecule has 1 aromatic heterocycles. The molecule has 8 nitrogen and oxygen atoms in total. The lowest BCUT2D eigenvalue weighted by Crippen LogP contribution is -2.39. The summed E-state index contributed by atoms with van der Waals surface area (Å²) >= 11 is 0. The first-order valence-corrected chi connectivity index (χ1v) is 9.76. The molecule has 0 fully saturated rings. The number of carbonyl (C=O) groups is 1. The lowest BCUT2D eigenvalue weighted by atomic mass is 10.1. The average Bonchev–Trinajstić information content (AvgIpc) is 3.05. The first kappa shape index (κ1) is 25.7. The molecule has 1 heterocycles. The van der Waals surface area contributed by atoms with Gasteiger partial charge in [0.2, 0.25) is 0 Å². The Bertz CT molecular complexity index is 812. The zero-order valence-corrected chi connectivity index (χ0v) is 20.7. The summed E-state index contributed by atoms with van der Waals surface area (Å²) in [4.78, 5) is 16.0. The molecule has 1 aromatic carbocycles. The van der Waals surface area contributed by atoms with Crippen molar-refractivity contribution in [2.75, 3.05) is 25.5 Å². The number of nitrogens with one attached hydrogen (secondary N) is 3. The van der Waals surface area contributed by atoms with E-state index in [4.69, 9.17) is 4.74 Å². The van der Waals surface area contributed by atoms with Crippen molar-refractivity contribution in [2.24, 2.45) is 12.0 Å². The minimum Gasteiger partial charge on any atom is -0.444 e. The zero-order valence-electron chi connectivity index (χ0n) is 18.4. The van der Waals surface area contributed by atoms with Crippen molar-refractivity contribution in [3.8, 4) is 0 Å². The zero-order chi connectivity index (χ0) is 21.3. The average molecular weight is 528 g/mol. The molecule has 0 saturated heterocycles. The quantitative estimate of drug-likeness (QED) is 0.291. The molecule has 0 saturated carbocycles. The summed E-state index contributed by atoms with van der Waals surface area (Å²) in [7, 11) is 3.67. The maximum Gasteiger partial charge on any atom is 0.412 e. The van der Waals surface area contributed by atoms with E-state index in [1.54, 1.807) is 11.7 Å². The third-order valence-electron chi connectivity index (χ3n) is 3.99. The summed E-state index contributed by atoms with van der Waals surface area (Å²) in [6.45, 7) is 7.06. The van der Waals surface area contributed by atoms with E-state index in [0.717, 1.165) is 37.5 Å². The SMILES string of the molecule is CN=C(NCCc1ccc(NC(=O)OC(C)(C)C)cc1)NCCc1cnn(C)c1.I. The standard InChI is InChI=1S/C21H32N6O2.HI/c1-21(2,3)29-20(28)26-18-8-6-16(7-9-18)10-12-23-19(22-4)24-13-11-17-14-25-27(5)15-17;/h6-9,14-15H,10-13H2,1-5H3,(H,26,28)(H2,22,23,24);1H. The number of nitrogens with zero attached hydrogens (tertiary/aromatic N) is 3. The van der Waals surface area contributed by atoms with Gasteiger partial charge in [-0.1, -0.05) is 12.1 Å². The summed E-state index contributed by atoms with van der Waals surface area (Å²) < 4.78 is 7.05. The van der Waals surface area contributed by atoms with Crippen LogP contribution in [-0.2, 0) is 24.6 Å². The maximum atomic E-state index is 11.8. The highest BCUT2D eigenvalue weighted by Gasteiger charge is 2.16. The van der Waals surface area contributed by atoms with Gasteiger partial charge in [-0.15, -0.1) is 24.0 Å². The summed E-state index contributed by atoms with van der Waals surface area (Å²) in [6.07, 6.45) is 5.17. The number of hydrogen-bond acceptors (Lipinski definition) is 4. The molecule has 0 aliphatic heterocycles. The lowest BCUT2D eigenvalue weighted by molar-refractivity contribution is 0.0636. The number of rotatable bonds is 7. The largest absolute Gasteiger partial charge is 0.444 e. The van der Waals surface area contributed by atoms with E-state index in [0.29, 0.717) is 5.69 Å². The number of aromatic nitrogens is 2. The number of guanidine groups is 1. The molecule has 0 atom stereocenters. The van der Waals surface area contributed by atoms with Gasteiger partial charge in [-0.2, -0.15) is 5.10 Å². The second-order valence-electron chi connectivity index (χ2n) is 7.77. The molecule has 2 aromatic rings. The van der Waals surface area contributed by atoms with E-state index in [9.17, 15) is 4.79 Å². The van der Waals surface area contributed by atoms with E-state index in [1.807, 2.05) is 64.5 Å². The van der Waals surface area contributed by atoms with Crippen LogP contribution >= 0.6 is 24.0 Å². The number of ether oxygens (including phenoxy) is 1. The number of halogens is 1. The maximum absolute atomic E-state index is 11.8. The van der Waals surface area contributed by atoms with Gasteiger partial charge in [0, 0.05) is 39.1 Å². The molecule has 166 valence electrons. The number of anilines is 1. The normalized spacial score (nSPS) is 11.4. The van der Waals surface area contributed by atoms with Gasteiger partial charge in [0.1, 0.15) is 5.60 Å². The second-order valence-corrected chi connectivity index (χ2v) is 7.77. The molecule has 0 radical (unpaired) electrons. The third-order valence-corrected chi connectivity index (χ3v) is 3.99. The van der Waals surface area contributed by atoms with Crippen LogP contribution in [0.2, 0.25) is 0 Å². The molecule has 0 spiro atoms. The molecular weight excluding hydrogens is 495 g/mol. The Morgan fingerprint density at radius 3 is 2.20 bits per heavy atom. The van der Waals surface area contributed by atoms with Gasteiger partial charge in [0.15, 0.2) is 5.96 Å². The molecule has 0 aliphatic carbocycles. The molecule has 9 heteroatoms. The monoisotopic (exact) mass is 528 g/mol. The Labute approximate surface area is 195 Å². The number of aliphatic imine (C=N–C) groups is 1.